The standard InChI is InChI=1S/C23H23FN4O3S/c1-14-20(23(31)28(27(14)2)17-6-4-3-5-7-17)26-21(29)18-13-32-19(22(30)25-18)12-15-8-10-16(24)11-9-15/h3-11,18-19H,12-13H2,1-2H3,(H,25,30)(H,26,29). The van der Waals surface area contributed by atoms with Crippen LogP contribution in [0.5, 0.6) is 0 Å². The van der Waals surface area contributed by atoms with Crippen molar-refractivity contribution in [3.05, 3.63) is 82.0 Å². The summed E-state index contributed by atoms with van der Waals surface area (Å²) in [6.45, 7) is 1.75. The van der Waals surface area contributed by atoms with Gasteiger partial charge in [-0.1, -0.05) is 30.3 Å². The average molecular weight is 455 g/mol. The van der Waals surface area contributed by atoms with E-state index in [0.29, 0.717) is 23.6 Å². The van der Waals surface area contributed by atoms with Crippen LogP contribution in [0.3, 0.4) is 0 Å². The van der Waals surface area contributed by atoms with E-state index in [9.17, 15) is 18.8 Å². The number of thioether (sulfide) groups is 1. The van der Waals surface area contributed by atoms with Crippen molar-refractivity contribution >= 4 is 29.3 Å². The number of nitrogens with zero attached hydrogens (tertiary/aromatic N) is 2. The molecule has 0 spiro atoms. The lowest BCUT2D eigenvalue weighted by Crippen LogP contribution is -2.53. The molecule has 0 saturated carbocycles. The molecule has 1 saturated heterocycles. The number of rotatable bonds is 5. The molecular formula is C23H23FN4O3S. The fourth-order valence-corrected chi connectivity index (χ4v) is 4.83. The summed E-state index contributed by atoms with van der Waals surface area (Å²) in [5.41, 5.74) is 2.00. The predicted octanol–water partition coefficient (Wildman–Crippen LogP) is 2.40. The number of aromatic nitrogens is 2. The summed E-state index contributed by atoms with van der Waals surface area (Å²) in [4.78, 5) is 38.4. The van der Waals surface area contributed by atoms with Gasteiger partial charge in [-0.3, -0.25) is 19.1 Å². The van der Waals surface area contributed by atoms with Crippen molar-refractivity contribution in [2.45, 2.75) is 24.6 Å². The number of halogens is 1. The lowest BCUT2D eigenvalue weighted by atomic mass is 10.1. The molecule has 7 nitrogen and oxygen atoms in total. The minimum Gasteiger partial charge on any atom is -0.343 e. The van der Waals surface area contributed by atoms with Crippen molar-refractivity contribution in [1.29, 1.82) is 0 Å². The zero-order chi connectivity index (χ0) is 22.8. The first-order valence-corrected chi connectivity index (χ1v) is 11.2. The molecule has 2 heterocycles. The highest BCUT2D eigenvalue weighted by Crippen LogP contribution is 2.23. The maximum atomic E-state index is 13.1. The van der Waals surface area contributed by atoms with E-state index in [2.05, 4.69) is 10.6 Å². The van der Waals surface area contributed by atoms with Crippen LogP contribution in [-0.4, -0.2) is 38.2 Å². The summed E-state index contributed by atoms with van der Waals surface area (Å²) in [6, 6.07) is 14.4. The monoisotopic (exact) mass is 454 g/mol. The Balaban J connectivity index is 1.45. The number of hydrogen-bond donors (Lipinski definition) is 2. The van der Waals surface area contributed by atoms with Crippen LogP contribution in [0.25, 0.3) is 5.69 Å². The van der Waals surface area contributed by atoms with E-state index in [0.717, 1.165) is 5.56 Å². The molecule has 2 atom stereocenters. The smallest absolute Gasteiger partial charge is 0.295 e. The Hall–Kier alpha value is -3.33. The van der Waals surface area contributed by atoms with Crippen molar-refractivity contribution in [3.63, 3.8) is 0 Å². The molecule has 0 bridgehead atoms. The van der Waals surface area contributed by atoms with Gasteiger partial charge in [0.2, 0.25) is 11.8 Å². The first kappa shape index (κ1) is 21.9. The maximum Gasteiger partial charge on any atom is 0.295 e. The molecule has 32 heavy (non-hydrogen) atoms. The first-order valence-electron chi connectivity index (χ1n) is 10.2. The molecule has 1 aromatic heterocycles. The lowest BCUT2D eigenvalue weighted by molar-refractivity contribution is -0.126. The molecule has 2 amide bonds. The zero-order valence-corrected chi connectivity index (χ0v) is 18.5. The quantitative estimate of drug-likeness (QED) is 0.620. The van der Waals surface area contributed by atoms with Gasteiger partial charge in [0.15, 0.2) is 0 Å². The van der Waals surface area contributed by atoms with Crippen LogP contribution in [0, 0.1) is 12.7 Å². The molecule has 4 rings (SSSR count). The Morgan fingerprint density at radius 3 is 2.50 bits per heavy atom. The molecule has 166 valence electrons. The molecule has 3 aromatic rings. The second-order valence-electron chi connectivity index (χ2n) is 7.64. The number of carbonyl (C=O) groups excluding carboxylic acids is 2. The molecule has 1 aliphatic heterocycles. The largest absolute Gasteiger partial charge is 0.343 e. The average Bonchev–Trinajstić information content (AvgIpc) is 3.00. The van der Waals surface area contributed by atoms with Crippen molar-refractivity contribution in [1.82, 2.24) is 14.7 Å². The normalized spacial score (nSPS) is 18.3. The van der Waals surface area contributed by atoms with E-state index in [4.69, 9.17) is 0 Å². The SMILES string of the molecule is Cc1c(NC(=O)C2CSC(Cc3ccc(F)cc3)C(=O)N2)c(=O)n(-c2ccccc2)n1C. The molecule has 0 radical (unpaired) electrons. The van der Waals surface area contributed by atoms with Crippen LogP contribution in [0.4, 0.5) is 10.1 Å². The first-order chi connectivity index (χ1) is 15.3. The minimum absolute atomic E-state index is 0.189. The second-order valence-corrected chi connectivity index (χ2v) is 8.88. The number of carbonyl (C=O) groups is 2. The van der Waals surface area contributed by atoms with E-state index in [1.54, 1.807) is 30.8 Å². The summed E-state index contributed by atoms with van der Waals surface area (Å²) >= 11 is 1.38. The van der Waals surface area contributed by atoms with Crippen LogP contribution < -0.4 is 16.2 Å². The van der Waals surface area contributed by atoms with E-state index in [-0.39, 0.29) is 28.2 Å². The van der Waals surface area contributed by atoms with Gasteiger partial charge in [0.1, 0.15) is 17.5 Å². The number of para-hydroxylation sites is 1. The van der Waals surface area contributed by atoms with Gasteiger partial charge in [0.25, 0.3) is 5.56 Å². The van der Waals surface area contributed by atoms with E-state index >= 15 is 0 Å². The number of amides is 2. The Morgan fingerprint density at radius 2 is 1.84 bits per heavy atom. The molecule has 0 aliphatic carbocycles. The topological polar surface area (TPSA) is 85.1 Å². The van der Waals surface area contributed by atoms with Gasteiger partial charge in [-0.15, -0.1) is 11.8 Å². The molecule has 2 N–H and O–H groups in total. The fraction of sp³-hybridized carbons (Fsp3) is 0.261. The Kier molecular flexibility index (Phi) is 6.18. The third-order valence-corrected chi connectivity index (χ3v) is 6.84. The van der Waals surface area contributed by atoms with Gasteiger partial charge in [0.05, 0.1) is 16.6 Å². The molecule has 2 unspecified atom stereocenters. The second kappa shape index (κ2) is 9.04. The highest BCUT2D eigenvalue weighted by atomic mass is 32.2. The van der Waals surface area contributed by atoms with Crippen molar-refractivity contribution in [2.24, 2.45) is 7.05 Å². The van der Waals surface area contributed by atoms with Crippen molar-refractivity contribution in [3.8, 4) is 5.69 Å². The molecule has 1 fully saturated rings. The van der Waals surface area contributed by atoms with Crippen LogP contribution >= 0.6 is 11.8 Å². The summed E-state index contributed by atoms with van der Waals surface area (Å²) in [5, 5.41) is 5.09. The molecule has 1 aliphatic rings. The summed E-state index contributed by atoms with van der Waals surface area (Å²) < 4.78 is 16.3. The predicted molar refractivity (Wildman–Crippen MR) is 123 cm³/mol. The Bertz CT molecular complexity index is 1200. The third-order valence-electron chi connectivity index (χ3n) is 5.53. The van der Waals surface area contributed by atoms with Crippen LogP contribution in [0.2, 0.25) is 0 Å². The maximum absolute atomic E-state index is 13.1. The summed E-state index contributed by atoms with van der Waals surface area (Å²) in [6.07, 6.45) is 0.449. The Labute approximate surface area is 188 Å². The van der Waals surface area contributed by atoms with Crippen LogP contribution in [0.15, 0.2) is 59.4 Å². The number of anilines is 1. The number of benzene rings is 2. The third kappa shape index (κ3) is 4.34. The van der Waals surface area contributed by atoms with Gasteiger partial charge in [-0.25, -0.2) is 9.07 Å². The van der Waals surface area contributed by atoms with Crippen LogP contribution in [0.1, 0.15) is 11.3 Å². The molecule has 9 heteroatoms. The van der Waals surface area contributed by atoms with Crippen molar-refractivity contribution < 1.29 is 14.0 Å². The Morgan fingerprint density at radius 1 is 1.16 bits per heavy atom. The van der Waals surface area contributed by atoms with Gasteiger partial charge in [-0.2, -0.15) is 0 Å². The van der Waals surface area contributed by atoms with Crippen molar-refractivity contribution in [2.75, 3.05) is 11.1 Å². The molecular weight excluding hydrogens is 431 g/mol. The number of hydrogen-bond acceptors (Lipinski definition) is 4. The minimum atomic E-state index is -0.749. The van der Waals surface area contributed by atoms with E-state index in [1.165, 1.54) is 28.6 Å². The molecule has 2 aromatic carbocycles. The van der Waals surface area contributed by atoms with E-state index < -0.39 is 11.9 Å². The van der Waals surface area contributed by atoms with Gasteiger partial charge in [-0.05, 0) is 43.2 Å². The van der Waals surface area contributed by atoms with Crippen LogP contribution in [-0.2, 0) is 23.1 Å². The summed E-state index contributed by atoms with van der Waals surface area (Å²) in [7, 11) is 1.75. The zero-order valence-electron chi connectivity index (χ0n) is 17.7. The van der Waals surface area contributed by atoms with Gasteiger partial charge in [0, 0.05) is 12.8 Å². The fourth-order valence-electron chi connectivity index (χ4n) is 3.64. The number of nitrogens with one attached hydrogen (secondary N) is 2. The lowest BCUT2D eigenvalue weighted by Gasteiger charge is -2.28. The van der Waals surface area contributed by atoms with E-state index in [1.807, 2.05) is 30.3 Å². The summed E-state index contributed by atoms with van der Waals surface area (Å²) in [5.74, 6) is -0.634. The van der Waals surface area contributed by atoms with Gasteiger partial charge < -0.3 is 10.6 Å². The highest BCUT2D eigenvalue weighted by molar-refractivity contribution is 8.00. The highest BCUT2D eigenvalue weighted by Gasteiger charge is 2.33. The van der Waals surface area contributed by atoms with Gasteiger partial charge >= 0.3 is 0 Å².